The van der Waals surface area contributed by atoms with Crippen molar-refractivity contribution in [1.82, 2.24) is 15.5 Å². The number of hydrogen-bond acceptors (Lipinski definition) is 9. The van der Waals surface area contributed by atoms with Gasteiger partial charge in [-0.3, -0.25) is 0 Å². The third kappa shape index (κ3) is 24.0. The van der Waals surface area contributed by atoms with E-state index in [9.17, 15) is 9.59 Å². The van der Waals surface area contributed by atoms with Crippen molar-refractivity contribution in [2.24, 2.45) is 5.73 Å². The first kappa shape index (κ1) is 84.0. The number of aryl methyl sites for hydroxylation is 4. The SMILES string of the molecule is CCN(CC)CC.CN1/C(=C\c2cc[n+](CCCN)c3ccccc23)Cc2ccccc21.CN1/C(=C\c2cc[n+](CCCNC(=O)OC(C)(C)C)c3ccccc23)Cc2ccccc21.CSC1=[N+](C)c2ccccc2C1.Cc1cc[n+](CCCNC(=O)OC(C)(C)C)c2ccccc12.[Br-].[Br-].[Cl-]. The molecule has 12 rings (SSSR count). The summed E-state index contributed by atoms with van der Waals surface area (Å²) in [7, 11) is 6.43. The first-order valence-electron chi connectivity index (χ1n) is 35.0. The maximum atomic E-state index is 11.8. The Morgan fingerprint density at radius 2 is 0.911 bits per heavy atom. The molecule has 14 nitrogen and oxygen atoms in total. The molecule has 2 amide bonds. The lowest BCUT2D eigenvalue weighted by atomic mass is 10.1. The molecular weight excluding hydrogens is 1430 g/mol. The monoisotopic (exact) mass is 1530 g/mol. The number of ether oxygens (including phenoxy) is 2. The lowest BCUT2D eigenvalue weighted by Gasteiger charge is -2.19. The number of fused-ring (bicyclic) bond motifs is 6. The third-order valence-electron chi connectivity index (χ3n) is 17.8. The van der Waals surface area contributed by atoms with Gasteiger partial charge in [0.05, 0.1) is 17.2 Å². The average molecular weight is 1540 g/mol. The van der Waals surface area contributed by atoms with E-state index in [4.69, 9.17) is 15.2 Å². The second-order valence-corrected chi connectivity index (χ2v) is 27.8. The highest BCUT2D eigenvalue weighted by atomic mass is 79.9. The second-order valence-electron chi connectivity index (χ2n) is 27.0. The van der Waals surface area contributed by atoms with Crippen LogP contribution in [0.25, 0.3) is 44.9 Å². The number of nitrogens with two attached hydrogens (primary N) is 1. The van der Waals surface area contributed by atoms with Crippen LogP contribution in [0, 0.1) is 6.92 Å². The number of allylic oxidation sites excluding steroid dienone is 2. The third-order valence-corrected chi connectivity index (χ3v) is 18.6. The number of halogens is 3. The molecule has 6 heterocycles. The van der Waals surface area contributed by atoms with Gasteiger partial charge in [-0.05, 0) is 151 Å². The molecule has 0 aliphatic carbocycles. The van der Waals surface area contributed by atoms with E-state index in [0.717, 1.165) is 64.7 Å². The lowest BCUT2D eigenvalue weighted by Crippen LogP contribution is -3.00. The van der Waals surface area contributed by atoms with Crippen LogP contribution in [0.2, 0.25) is 0 Å². The fourth-order valence-electron chi connectivity index (χ4n) is 12.5. The summed E-state index contributed by atoms with van der Waals surface area (Å²) in [4.78, 5) is 30.4. The molecule has 0 bridgehead atoms. The summed E-state index contributed by atoms with van der Waals surface area (Å²) in [5.74, 6) is 0. The van der Waals surface area contributed by atoms with Crippen LogP contribution in [0.4, 0.5) is 26.7 Å². The number of anilines is 2. The van der Waals surface area contributed by atoms with Gasteiger partial charge in [0.2, 0.25) is 27.3 Å². The summed E-state index contributed by atoms with van der Waals surface area (Å²) < 4.78 is 19.6. The van der Waals surface area contributed by atoms with Gasteiger partial charge >= 0.3 is 12.2 Å². The number of hydrogen-bond donors (Lipinski definition) is 3. The molecular formula is C83H108Br2ClN10O4S+. The van der Waals surface area contributed by atoms with Gasteiger partial charge in [0, 0.05) is 135 Å². The first-order chi connectivity index (χ1) is 47.1. The van der Waals surface area contributed by atoms with Crippen LogP contribution < -0.4 is 86.2 Å². The van der Waals surface area contributed by atoms with E-state index in [0.29, 0.717) is 13.1 Å². The Morgan fingerprint density at radius 3 is 1.31 bits per heavy atom. The van der Waals surface area contributed by atoms with E-state index in [2.05, 4.69) is 293 Å². The Hall–Kier alpha value is -7.64. The van der Waals surface area contributed by atoms with Gasteiger partial charge in [0.15, 0.2) is 31.7 Å². The maximum absolute atomic E-state index is 11.8. The van der Waals surface area contributed by atoms with E-state index in [1.807, 2.05) is 53.3 Å². The molecule has 0 radical (unpaired) electrons. The number of amides is 2. The number of rotatable bonds is 16. The molecule has 3 aliphatic rings. The molecule has 0 saturated carbocycles. The summed E-state index contributed by atoms with van der Waals surface area (Å²) in [6.07, 6.45) is 18.2. The average Bonchev–Trinajstić information content (AvgIpc) is 1.80. The zero-order valence-corrected chi connectivity index (χ0v) is 66.7. The Balaban J connectivity index is 0.000000241. The van der Waals surface area contributed by atoms with Gasteiger partial charge in [-0.2, -0.15) is 18.3 Å². The minimum atomic E-state index is -0.478. The Morgan fingerprint density at radius 1 is 0.535 bits per heavy atom. The smallest absolute Gasteiger partial charge is 0.407 e. The standard InChI is InChI=1S/C27H31N3O2.C22H24N3.C18H24N2O2.C10H12NS.C6H15N.2BrH.ClH/c1-27(2,3)32-26(31)28-15-9-16-30-17-14-20(23-11-6-8-13-25(23)30)18-22-19-21-10-5-7-12-24(21)29(22)4;1-24-19(16-18-7-2-4-9-21(18)24)15-17-11-14-25(13-6-12-23)22-10-5-3-8-20(17)22;1-14-10-13-20(16-9-6-5-8-15(14)16)12-7-11-19-17(21)22-18(2,3)4;1-11-9-6-4-3-5-8(9)7-10(11)12-2;1-4-7(5-2)6-3;;;/h5-8,10-14,17-18H,9,15-16,19H2,1-4H3;2-5,7-11,14-15H,6,12-13,16,23H2,1H3;5-6,8-10,13H,7,11-12H2,1-4H3;3-6H,7H2,1-2H3;4-6H2,1-3H3;3*1H/q;+1;;+1;;;;/p-1. The Kier molecular flexibility index (Phi) is 34.0. The van der Waals surface area contributed by atoms with Crippen LogP contribution >= 0.6 is 11.8 Å². The Bertz CT molecular complexity index is 4260. The molecule has 9 aromatic rings. The van der Waals surface area contributed by atoms with Crippen molar-refractivity contribution in [3.05, 3.63) is 227 Å². The van der Waals surface area contributed by atoms with E-state index in [-0.39, 0.29) is 58.6 Å². The molecule has 101 heavy (non-hydrogen) atoms. The van der Waals surface area contributed by atoms with Crippen LogP contribution in [-0.2, 0) is 48.4 Å². The van der Waals surface area contributed by atoms with Gasteiger partial charge in [0.1, 0.15) is 24.8 Å². The summed E-state index contributed by atoms with van der Waals surface area (Å²) in [6, 6.07) is 57.9. The number of carbonyl (C=O) groups is 2. The van der Waals surface area contributed by atoms with Crippen molar-refractivity contribution in [3.8, 4) is 0 Å². The van der Waals surface area contributed by atoms with Crippen molar-refractivity contribution in [1.29, 1.82) is 0 Å². The van der Waals surface area contributed by atoms with Crippen LogP contribution in [0.1, 0.15) is 115 Å². The second kappa shape index (κ2) is 40.9. The van der Waals surface area contributed by atoms with Crippen molar-refractivity contribution >= 4 is 90.9 Å². The number of nitrogens with zero attached hydrogens (tertiary/aromatic N) is 7. The quantitative estimate of drug-likeness (QED) is 0.0728. The lowest BCUT2D eigenvalue weighted by molar-refractivity contribution is -0.671. The zero-order valence-electron chi connectivity index (χ0n) is 62.0. The summed E-state index contributed by atoms with van der Waals surface area (Å²) in [5, 5.41) is 10.9. The predicted octanol–water partition coefficient (Wildman–Crippen LogP) is 6.57. The van der Waals surface area contributed by atoms with E-state index >= 15 is 0 Å². The molecule has 3 aromatic heterocycles. The summed E-state index contributed by atoms with van der Waals surface area (Å²) >= 11 is 1.84. The molecule has 0 fully saturated rings. The molecule has 3 aliphatic heterocycles. The van der Waals surface area contributed by atoms with Gasteiger partial charge < -0.3 is 86.9 Å². The molecule has 18 heteroatoms. The Labute approximate surface area is 633 Å². The van der Waals surface area contributed by atoms with Crippen LogP contribution in [0.5, 0.6) is 0 Å². The highest BCUT2D eigenvalue weighted by Gasteiger charge is 2.27. The molecule has 0 unspecified atom stereocenters. The molecule has 0 spiro atoms. The number of alkyl carbamates (subject to hydrolysis) is 2. The van der Waals surface area contributed by atoms with Gasteiger partial charge in [0.25, 0.3) is 0 Å². The number of para-hydroxylation sites is 6. The molecule has 540 valence electrons. The van der Waals surface area contributed by atoms with Crippen molar-refractivity contribution in [3.63, 3.8) is 0 Å². The minimum absolute atomic E-state index is 0. The van der Waals surface area contributed by atoms with E-state index in [1.165, 1.54) is 119 Å². The largest absolute Gasteiger partial charge is 1.00 e. The minimum Gasteiger partial charge on any atom is -1.00 e. The fraction of sp³-hybridized carbons (Fsp3) is 0.373. The normalized spacial score (nSPS) is 13.4. The van der Waals surface area contributed by atoms with Gasteiger partial charge in [-0.25, -0.2) is 9.59 Å². The number of benzene rings is 6. The molecule has 4 N–H and O–H groups in total. The maximum Gasteiger partial charge on any atom is 0.407 e. The number of nitrogens with one attached hydrogen (secondary N) is 2. The number of aromatic nitrogens is 3. The summed E-state index contributed by atoms with van der Waals surface area (Å²) in [5.41, 5.74) is 23.0. The fourth-order valence-corrected chi connectivity index (χ4v) is 13.2. The van der Waals surface area contributed by atoms with Crippen molar-refractivity contribution < 1.29 is 83.7 Å². The molecule has 0 atom stereocenters. The first-order valence-corrected chi connectivity index (χ1v) is 36.2. The highest BCUT2D eigenvalue weighted by Crippen LogP contribution is 2.36. The van der Waals surface area contributed by atoms with Gasteiger partial charge in [-0.1, -0.05) is 124 Å². The number of pyridine rings is 3. The van der Waals surface area contributed by atoms with E-state index in [1.54, 1.807) is 0 Å². The number of carbonyl (C=O) groups excluding carboxylic acids is 2. The zero-order chi connectivity index (χ0) is 70.4. The molecule has 0 saturated heterocycles. The van der Waals surface area contributed by atoms with Crippen molar-refractivity contribution in [2.75, 3.05) is 76.5 Å². The van der Waals surface area contributed by atoms with Crippen LogP contribution in [-0.4, -0.2) is 105 Å². The topological polar surface area (TPSA) is 127 Å². The van der Waals surface area contributed by atoms with Crippen LogP contribution in [0.15, 0.2) is 194 Å². The number of likely N-dealkylation sites (N-methyl/N-ethyl adjacent to an activating group) is 2. The highest BCUT2D eigenvalue weighted by molar-refractivity contribution is 8.13. The van der Waals surface area contributed by atoms with Gasteiger partial charge in [-0.15, -0.1) is 0 Å². The van der Waals surface area contributed by atoms with E-state index < -0.39 is 11.2 Å². The predicted molar refractivity (Wildman–Crippen MR) is 410 cm³/mol. The summed E-state index contributed by atoms with van der Waals surface area (Å²) in [6.45, 7) is 28.0. The van der Waals surface area contributed by atoms with Crippen molar-refractivity contribution in [2.45, 2.75) is 139 Å². The van der Waals surface area contributed by atoms with Crippen LogP contribution in [0.3, 0.4) is 0 Å². The molecule has 6 aromatic carbocycles. The number of thioether (sulfide) groups is 1.